The number of hydrogen-bond acceptors (Lipinski definition) is 4. The largest absolute Gasteiger partial charge is 0.443 e. The lowest BCUT2D eigenvalue weighted by Crippen LogP contribution is -2.33. The number of nitrogens with zero attached hydrogens (tertiary/aromatic N) is 2. The Kier molecular flexibility index (Phi) is 3.89. The number of hydrogen-bond donors (Lipinski definition) is 1. The van der Waals surface area contributed by atoms with Crippen molar-refractivity contribution in [3.05, 3.63) is 29.8 Å². The number of benzene rings is 1. The average molecular weight is 275 g/mol. The fourth-order valence-corrected chi connectivity index (χ4v) is 2.89. The van der Waals surface area contributed by atoms with Crippen LogP contribution in [0.4, 0.5) is 10.5 Å². The molecular weight excluding hydrogens is 254 g/mol. The van der Waals surface area contributed by atoms with Gasteiger partial charge in [-0.15, -0.1) is 0 Å². The first-order valence-electron chi connectivity index (χ1n) is 7.26. The van der Waals surface area contributed by atoms with Gasteiger partial charge in [-0.1, -0.05) is 12.1 Å². The molecule has 0 radical (unpaired) electrons. The number of amides is 1. The van der Waals surface area contributed by atoms with Crippen LogP contribution in [0.3, 0.4) is 0 Å². The minimum absolute atomic E-state index is 0.0187. The van der Waals surface area contributed by atoms with Gasteiger partial charge in [-0.2, -0.15) is 0 Å². The minimum atomic E-state index is -0.241. The maximum atomic E-state index is 12.0. The van der Waals surface area contributed by atoms with Gasteiger partial charge in [0.25, 0.3) is 0 Å². The highest BCUT2D eigenvalue weighted by Crippen LogP contribution is 2.23. The Bertz CT molecular complexity index is 469. The topological polar surface area (TPSA) is 58.8 Å². The van der Waals surface area contributed by atoms with Crippen LogP contribution in [0.25, 0.3) is 0 Å². The van der Waals surface area contributed by atoms with Gasteiger partial charge in [0, 0.05) is 18.8 Å². The van der Waals surface area contributed by atoms with Crippen molar-refractivity contribution in [2.75, 3.05) is 31.1 Å². The number of carbonyl (C=O) groups excluding carboxylic acids is 1. The van der Waals surface area contributed by atoms with Crippen LogP contribution in [0.1, 0.15) is 18.4 Å². The smallest absolute Gasteiger partial charge is 0.414 e. The van der Waals surface area contributed by atoms with Gasteiger partial charge in [-0.3, -0.25) is 9.80 Å². The first kappa shape index (κ1) is 13.4. The van der Waals surface area contributed by atoms with E-state index in [-0.39, 0.29) is 12.2 Å². The predicted molar refractivity (Wildman–Crippen MR) is 77.6 cm³/mol. The Morgan fingerprint density at radius 1 is 1.20 bits per heavy atom. The van der Waals surface area contributed by atoms with E-state index in [0.29, 0.717) is 13.1 Å². The van der Waals surface area contributed by atoms with E-state index in [1.54, 1.807) is 4.90 Å². The first-order valence-corrected chi connectivity index (χ1v) is 7.26. The molecule has 0 bridgehead atoms. The van der Waals surface area contributed by atoms with Gasteiger partial charge in [-0.25, -0.2) is 4.79 Å². The Balaban J connectivity index is 1.63. The molecule has 5 heteroatoms. The Labute approximate surface area is 119 Å². The number of carbonyl (C=O) groups is 1. The highest BCUT2D eigenvalue weighted by molar-refractivity contribution is 5.89. The van der Waals surface area contributed by atoms with E-state index in [9.17, 15) is 4.79 Å². The Morgan fingerprint density at radius 2 is 1.90 bits per heavy atom. The van der Waals surface area contributed by atoms with Crippen molar-refractivity contribution in [3.8, 4) is 0 Å². The molecule has 2 saturated heterocycles. The van der Waals surface area contributed by atoms with Crippen molar-refractivity contribution in [1.82, 2.24) is 4.90 Å². The minimum Gasteiger partial charge on any atom is -0.443 e. The zero-order chi connectivity index (χ0) is 13.9. The van der Waals surface area contributed by atoms with Crippen LogP contribution in [-0.4, -0.2) is 43.3 Å². The molecule has 2 fully saturated rings. The molecular formula is C15H21N3O2. The Morgan fingerprint density at radius 3 is 2.55 bits per heavy atom. The van der Waals surface area contributed by atoms with Crippen LogP contribution < -0.4 is 10.6 Å². The number of likely N-dealkylation sites (tertiary alicyclic amines) is 1. The van der Waals surface area contributed by atoms with Crippen LogP contribution in [0.15, 0.2) is 24.3 Å². The number of ether oxygens (including phenoxy) is 1. The summed E-state index contributed by atoms with van der Waals surface area (Å²) in [7, 11) is 0. The van der Waals surface area contributed by atoms with Crippen molar-refractivity contribution in [2.24, 2.45) is 5.73 Å². The van der Waals surface area contributed by atoms with Crippen molar-refractivity contribution >= 4 is 11.8 Å². The summed E-state index contributed by atoms with van der Waals surface area (Å²) in [5.74, 6) is 0. The number of cyclic esters (lactones) is 1. The number of rotatable bonds is 4. The zero-order valence-corrected chi connectivity index (χ0v) is 11.6. The fourth-order valence-electron chi connectivity index (χ4n) is 2.89. The van der Waals surface area contributed by atoms with Crippen LogP contribution in [-0.2, 0) is 11.3 Å². The van der Waals surface area contributed by atoms with Gasteiger partial charge in [0.1, 0.15) is 6.10 Å². The second-order valence-corrected chi connectivity index (χ2v) is 5.49. The molecule has 0 aromatic heterocycles. The lowest BCUT2D eigenvalue weighted by molar-refractivity contribution is 0.116. The average Bonchev–Trinajstić information content (AvgIpc) is 3.09. The van der Waals surface area contributed by atoms with Gasteiger partial charge >= 0.3 is 6.09 Å². The molecule has 2 heterocycles. The summed E-state index contributed by atoms with van der Waals surface area (Å²) in [6.45, 7) is 4.25. The van der Waals surface area contributed by atoms with Gasteiger partial charge in [0.05, 0.1) is 6.54 Å². The summed E-state index contributed by atoms with van der Waals surface area (Å²) < 4.78 is 5.47. The molecule has 5 nitrogen and oxygen atoms in total. The zero-order valence-electron chi connectivity index (χ0n) is 11.6. The van der Waals surface area contributed by atoms with Crippen LogP contribution in [0.5, 0.6) is 0 Å². The molecule has 2 N–H and O–H groups in total. The molecule has 1 atom stereocenters. The summed E-state index contributed by atoms with van der Waals surface area (Å²) in [4.78, 5) is 16.1. The Hall–Kier alpha value is -1.59. The van der Waals surface area contributed by atoms with Gasteiger partial charge in [0.2, 0.25) is 0 Å². The molecule has 0 saturated carbocycles. The molecule has 1 unspecified atom stereocenters. The van der Waals surface area contributed by atoms with Crippen LogP contribution in [0, 0.1) is 0 Å². The van der Waals surface area contributed by atoms with E-state index in [1.807, 2.05) is 24.3 Å². The normalized spacial score (nSPS) is 23.4. The lowest BCUT2D eigenvalue weighted by Gasteiger charge is -2.18. The van der Waals surface area contributed by atoms with E-state index < -0.39 is 0 Å². The predicted octanol–water partition coefficient (Wildman–Crippen LogP) is 1.57. The molecule has 1 aromatic carbocycles. The van der Waals surface area contributed by atoms with Gasteiger partial charge < -0.3 is 10.5 Å². The van der Waals surface area contributed by atoms with Crippen LogP contribution in [0.2, 0.25) is 0 Å². The third-order valence-corrected chi connectivity index (χ3v) is 4.02. The summed E-state index contributed by atoms with van der Waals surface area (Å²) >= 11 is 0. The molecule has 1 amide bonds. The number of anilines is 1. The van der Waals surface area contributed by atoms with E-state index >= 15 is 0 Å². The highest BCUT2D eigenvalue weighted by Gasteiger charge is 2.33. The van der Waals surface area contributed by atoms with Crippen molar-refractivity contribution < 1.29 is 9.53 Å². The monoisotopic (exact) mass is 275 g/mol. The van der Waals surface area contributed by atoms with Crippen molar-refractivity contribution in [1.29, 1.82) is 0 Å². The molecule has 2 aliphatic heterocycles. The molecule has 20 heavy (non-hydrogen) atoms. The molecule has 2 aliphatic rings. The third-order valence-electron chi connectivity index (χ3n) is 4.02. The van der Waals surface area contributed by atoms with Gasteiger partial charge in [-0.05, 0) is 43.6 Å². The van der Waals surface area contributed by atoms with E-state index in [0.717, 1.165) is 30.9 Å². The summed E-state index contributed by atoms with van der Waals surface area (Å²) in [5, 5.41) is 0. The van der Waals surface area contributed by atoms with Crippen LogP contribution >= 0.6 is 0 Å². The van der Waals surface area contributed by atoms with E-state index in [4.69, 9.17) is 10.5 Å². The molecule has 108 valence electrons. The van der Waals surface area contributed by atoms with E-state index in [1.165, 1.54) is 12.8 Å². The molecule has 0 aliphatic carbocycles. The fraction of sp³-hybridized carbons (Fsp3) is 0.533. The quantitative estimate of drug-likeness (QED) is 0.906. The second-order valence-electron chi connectivity index (χ2n) is 5.49. The maximum absolute atomic E-state index is 12.0. The maximum Gasteiger partial charge on any atom is 0.414 e. The molecule has 0 spiro atoms. The third kappa shape index (κ3) is 2.78. The molecule has 3 rings (SSSR count). The summed E-state index contributed by atoms with van der Waals surface area (Å²) in [5.41, 5.74) is 7.53. The first-order chi connectivity index (χ1) is 9.76. The molecule has 1 aromatic rings. The number of nitrogens with two attached hydrogens (primary N) is 1. The van der Waals surface area contributed by atoms with E-state index in [2.05, 4.69) is 4.90 Å². The van der Waals surface area contributed by atoms with Crippen molar-refractivity contribution in [3.63, 3.8) is 0 Å². The summed E-state index contributed by atoms with van der Waals surface area (Å²) in [6.07, 6.45) is 2.25. The van der Waals surface area contributed by atoms with Gasteiger partial charge in [0.15, 0.2) is 0 Å². The second kappa shape index (κ2) is 5.81. The standard InChI is InChI=1S/C15H21N3O2/c16-9-12-3-5-13(6-4-12)18-11-14(20-15(18)19)10-17-7-1-2-8-17/h3-6,14H,1-2,7-11,16H2. The van der Waals surface area contributed by atoms with Crippen molar-refractivity contribution in [2.45, 2.75) is 25.5 Å². The lowest BCUT2D eigenvalue weighted by atomic mass is 10.2. The highest BCUT2D eigenvalue weighted by atomic mass is 16.6. The summed E-state index contributed by atoms with van der Waals surface area (Å²) in [6, 6.07) is 7.77. The SMILES string of the molecule is NCc1ccc(N2CC(CN3CCCC3)OC2=O)cc1.